The lowest BCUT2D eigenvalue weighted by Crippen LogP contribution is -2.14. The summed E-state index contributed by atoms with van der Waals surface area (Å²) in [7, 11) is -3.34. The molecule has 0 spiro atoms. The van der Waals surface area contributed by atoms with Crippen molar-refractivity contribution >= 4 is 43.3 Å². The first-order valence-electron chi connectivity index (χ1n) is 9.44. The van der Waals surface area contributed by atoms with Gasteiger partial charge in [0.2, 0.25) is 0 Å². The van der Waals surface area contributed by atoms with Crippen LogP contribution in [0.3, 0.4) is 0 Å². The Morgan fingerprint density at radius 1 is 1.14 bits per heavy atom. The zero-order chi connectivity index (χ0) is 20.6. The van der Waals surface area contributed by atoms with E-state index >= 15 is 0 Å². The molecular formula is C22H22N2O4S. The van der Waals surface area contributed by atoms with Crippen LogP contribution < -0.4 is 5.32 Å². The number of hydrogen-bond donors (Lipinski definition) is 1. The van der Waals surface area contributed by atoms with Crippen LogP contribution >= 0.6 is 0 Å². The fraction of sp³-hybridized carbons (Fsp3) is 0.227. The van der Waals surface area contributed by atoms with Gasteiger partial charge in [-0.05, 0) is 36.8 Å². The summed E-state index contributed by atoms with van der Waals surface area (Å²) < 4.78 is 31.7. The average Bonchev–Trinajstić information content (AvgIpc) is 3.23. The third-order valence-electron chi connectivity index (χ3n) is 4.80. The summed E-state index contributed by atoms with van der Waals surface area (Å²) in [6.45, 7) is 3.06. The Labute approximate surface area is 169 Å². The van der Waals surface area contributed by atoms with Gasteiger partial charge in [-0.25, -0.2) is 8.42 Å². The molecule has 4 rings (SSSR count). The zero-order valence-electron chi connectivity index (χ0n) is 16.3. The minimum absolute atomic E-state index is 0.0280. The molecular weight excluding hydrogens is 388 g/mol. The van der Waals surface area contributed by atoms with Crippen LogP contribution in [0, 0.1) is 0 Å². The highest BCUT2D eigenvalue weighted by atomic mass is 32.2. The van der Waals surface area contributed by atoms with E-state index < -0.39 is 15.7 Å². The van der Waals surface area contributed by atoms with Crippen LogP contribution in [0.5, 0.6) is 0 Å². The lowest BCUT2D eigenvalue weighted by molar-refractivity contribution is 0.0998. The van der Waals surface area contributed by atoms with Gasteiger partial charge in [0.25, 0.3) is 5.91 Å². The Balaban J connectivity index is 1.69. The summed E-state index contributed by atoms with van der Waals surface area (Å²) in [5.41, 5.74) is 2.60. The van der Waals surface area contributed by atoms with E-state index in [0.717, 1.165) is 30.1 Å². The quantitative estimate of drug-likeness (QED) is 0.504. The molecule has 6 nitrogen and oxygen atoms in total. The first-order valence-corrected chi connectivity index (χ1v) is 11.5. The van der Waals surface area contributed by atoms with Crippen molar-refractivity contribution in [3.05, 3.63) is 66.1 Å². The van der Waals surface area contributed by atoms with Crippen LogP contribution in [0.25, 0.3) is 21.9 Å². The van der Waals surface area contributed by atoms with Gasteiger partial charge >= 0.3 is 0 Å². The second-order valence-electron chi connectivity index (χ2n) is 7.21. The van der Waals surface area contributed by atoms with Crippen molar-refractivity contribution in [2.45, 2.75) is 25.6 Å². The number of benzene rings is 2. The monoisotopic (exact) mass is 410 g/mol. The highest BCUT2D eigenvalue weighted by Crippen LogP contribution is 2.29. The van der Waals surface area contributed by atoms with Crippen molar-refractivity contribution in [1.29, 1.82) is 0 Å². The smallest absolute Gasteiger partial charge is 0.291 e. The van der Waals surface area contributed by atoms with E-state index in [9.17, 15) is 13.2 Å². The first-order chi connectivity index (χ1) is 13.9. The SMILES string of the molecule is CCCn1ccc2cc(NC(=O)c3oc4ccccc4c3CS(C)(=O)=O)ccc21. The minimum atomic E-state index is -3.34. The second-order valence-corrected chi connectivity index (χ2v) is 9.35. The summed E-state index contributed by atoms with van der Waals surface area (Å²) in [5.74, 6) is -0.696. The third-order valence-corrected chi connectivity index (χ3v) is 5.62. The summed E-state index contributed by atoms with van der Waals surface area (Å²) in [5, 5.41) is 4.50. The molecule has 29 heavy (non-hydrogen) atoms. The molecule has 0 aliphatic carbocycles. The molecule has 0 atom stereocenters. The van der Waals surface area contributed by atoms with Gasteiger partial charge in [0.05, 0.1) is 5.75 Å². The van der Waals surface area contributed by atoms with Gasteiger partial charge in [-0.3, -0.25) is 4.79 Å². The number of furan rings is 1. The van der Waals surface area contributed by atoms with Crippen molar-refractivity contribution in [2.75, 3.05) is 11.6 Å². The Morgan fingerprint density at radius 2 is 1.93 bits per heavy atom. The zero-order valence-corrected chi connectivity index (χ0v) is 17.1. The maximum atomic E-state index is 12.9. The van der Waals surface area contributed by atoms with E-state index in [1.807, 2.05) is 30.5 Å². The largest absolute Gasteiger partial charge is 0.451 e. The molecule has 2 aromatic carbocycles. The van der Waals surface area contributed by atoms with Gasteiger partial charge in [-0.2, -0.15) is 0 Å². The summed E-state index contributed by atoms with van der Waals surface area (Å²) >= 11 is 0. The number of aryl methyl sites for hydroxylation is 1. The van der Waals surface area contributed by atoms with Crippen molar-refractivity contribution < 1.29 is 17.6 Å². The van der Waals surface area contributed by atoms with Gasteiger partial charge in [-0.1, -0.05) is 25.1 Å². The van der Waals surface area contributed by atoms with E-state index in [4.69, 9.17) is 4.42 Å². The van der Waals surface area contributed by atoms with E-state index in [0.29, 0.717) is 22.2 Å². The molecule has 2 heterocycles. The predicted octanol–water partition coefficient (Wildman–Crippen LogP) is 4.59. The molecule has 0 saturated heterocycles. The van der Waals surface area contributed by atoms with Crippen LogP contribution in [0.2, 0.25) is 0 Å². The maximum absolute atomic E-state index is 12.9. The number of anilines is 1. The predicted molar refractivity (Wildman–Crippen MR) is 115 cm³/mol. The molecule has 4 aromatic rings. The Hall–Kier alpha value is -3.06. The molecule has 0 saturated carbocycles. The van der Waals surface area contributed by atoms with Gasteiger partial charge < -0.3 is 14.3 Å². The van der Waals surface area contributed by atoms with E-state index in [-0.39, 0.29) is 11.5 Å². The molecule has 0 fully saturated rings. The number of nitrogens with one attached hydrogen (secondary N) is 1. The number of nitrogens with zero attached hydrogens (tertiary/aromatic N) is 1. The van der Waals surface area contributed by atoms with E-state index in [1.54, 1.807) is 24.3 Å². The molecule has 2 aromatic heterocycles. The highest BCUT2D eigenvalue weighted by molar-refractivity contribution is 7.89. The molecule has 0 aliphatic rings. The molecule has 1 N–H and O–H groups in total. The maximum Gasteiger partial charge on any atom is 0.291 e. The van der Waals surface area contributed by atoms with Crippen LogP contribution in [-0.4, -0.2) is 25.1 Å². The number of fused-ring (bicyclic) bond motifs is 2. The van der Waals surface area contributed by atoms with Crippen LogP contribution in [-0.2, 0) is 22.1 Å². The number of rotatable bonds is 6. The number of amides is 1. The number of sulfone groups is 1. The van der Waals surface area contributed by atoms with E-state index in [1.165, 1.54) is 0 Å². The topological polar surface area (TPSA) is 81.3 Å². The van der Waals surface area contributed by atoms with Gasteiger partial charge in [-0.15, -0.1) is 0 Å². The fourth-order valence-corrected chi connectivity index (χ4v) is 4.40. The van der Waals surface area contributed by atoms with Crippen LogP contribution in [0.1, 0.15) is 29.5 Å². The minimum Gasteiger partial charge on any atom is -0.451 e. The van der Waals surface area contributed by atoms with Crippen molar-refractivity contribution in [1.82, 2.24) is 4.57 Å². The van der Waals surface area contributed by atoms with Crippen molar-refractivity contribution in [2.24, 2.45) is 0 Å². The van der Waals surface area contributed by atoms with Gasteiger partial charge in [0.15, 0.2) is 15.6 Å². The van der Waals surface area contributed by atoms with Gasteiger partial charge in [0.1, 0.15) is 5.58 Å². The summed E-state index contributed by atoms with van der Waals surface area (Å²) in [4.78, 5) is 12.9. The average molecular weight is 410 g/mol. The number of hydrogen-bond acceptors (Lipinski definition) is 4. The number of aromatic nitrogens is 1. The normalized spacial score (nSPS) is 11.9. The molecule has 0 radical (unpaired) electrons. The summed E-state index contributed by atoms with van der Waals surface area (Å²) in [6, 6.07) is 14.8. The Morgan fingerprint density at radius 3 is 2.69 bits per heavy atom. The lowest BCUT2D eigenvalue weighted by atomic mass is 10.1. The van der Waals surface area contributed by atoms with E-state index in [2.05, 4.69) is 16.8 Å². The Bertz CT molecular complexity index is 1320. The summed E-state index contributed by atoms with van der Waals surface area (Å²) in [6.07, 6.45) is 4.21. The number of carbonyl (C=O) groups excluding carboxylic acids is 1. The fourth-order valence-electron chi connectivity index (χ4n) is 3.59. The molecule has 150 valence electrons. The third kappa shape index (κ3) is 3.91. The molecule has 0 aliphatic heterocycles. The standard InChI is InChI=1S/C22H22N2O4S/c1-3-11-24-12-10-15-13-16(8-9-19(15)24)23-22(25)21-18(14-29(2,26)27)17-6-4-5-7-20(17)28-21/h4-10,12-13H,3,11,14H2,1-2H3,(H,23,25). The van der Waals surface area contributed by atoms with Crippen LogP contribution in [0.4, 0.5) is 5.69 Å². The van der Waals surface area contributed by atoms with Gasteiger partial charge in [0, 0.05) is 46.5 Å². The number of carbonyl (C=O) groups is 1. The molecule has 0 unspecified atom stereocenters. The molecule has 7 heteroatoms. The highest BCUT2D eigenvalue weighted by Gasteiger charge is 2.23. The first kappa shape index (κ1) is 19.3. The van der Waals surface area contributed by atoms with Crippen LogP contribution in [0.15, 0.2) is 59.1 Å². The number of para-hydroxylation sites is 1. The van der Waals surface area contributed by atoms with Crippen molar-refractivity contribution in [3.8, 4) is 0 Å². The molecule has 1 amide bonds. The Kier molecular flexibility index (Phi) is 4.92. The molecule has 0 bridgehead atoms. The van der Waals surface area contributed by atoms with Crippen molar-refractivity contribution in [3.63, 3.8) is 0 Å². The lowest BCUT2D eigenvalue weighted by Gasteiger charge is -2.07. The second kappa shape index (κ2) is 7.40.